The summed E-state index contributed by atoms with van der Waals surface area (Å²) in [6.45, 7) is 5.98. The molecule has 282 valence electrons. The second-order valence-electron chi connectivity index (χ2n) is 10.4. The smallest absolute Gasteiger partial charge is 0.463 e. The number of rotatable bonds is 14. The predicted octanol–water partition coefficient (Wildman–Crippen LogP) is -0.204. The highest BCUT2D eigenvalue weighted by atomic mass is 35.6. The molecular formula is C27H36Cl3N3O17. The summed E-state index contributed by atoms with van der Waals surface area (Å²) in [4.78, 5) is 85.8. The van der Waals surface area contributed by atoms with Crippen molar-refractivity contribution in [1.82, 2.24) is 5.32 Å². The minimum absolute atomic E-state index is 0.295. The van der Waals surface area contributed by atoms with Gasteiger partial charge < -0.3 is 64.2 Å². The van der Waals surface area contributed by atoms with Crippen molar-refractivity contribution in [2.45, 2.75) is 92.8 Å². The predicted molar refractivity (Wildman–Crippen MR) is 164 cm³/mol. The lowest BCUT2D eigenvalue weighted by molar-refractivity contribution is -0.348. The van der Waals surface area contributed by atoms with E-state index in [-0.39, 0.29) is 6.61 Å². The third kappa shape index (κ3) is 13.2. The van der Waals surface area contributed by atoms with Gasteiger partial charge in [0.15, 0.2) is 49.2 Å². The van der Waals surface area contributed by atoms with E-state index in [9.17, 15) is 33.6 Å². The van der Waals surface area contributed by atoms with E-state index in [1.165, 1.54) is 6.08 Å². The van der Waals surface area contributed by atoms with Crippen molar-refractivity contribution in [2.24, 2.45) is 11.5 Å². The van der Waals surface area contributed by atoms with Gasteiger partial charge in [-0.15, -0.1) is 6.58 Å². The molecule has 0 bridgehead atoms. The second-order valence-corrected chi connectivity index (χ2v) is 12.9. The van der Waals surface area contributed by atoms with Crippen LogP contribution in [0.15, 0.2) is 12.7 Å². The summed E-state index contributed by atoms with van der Waals surface area (Å²) in [5.41, 5.74) is 10.8. The van der Waals surface area contributed by atoms with Gasteiger partial charge in [-0.1, -0.05) is 40.9 Å². The van der Waals surface area contributed by atoms with Crippen LogP contribution in [-0.4, -0.2) is 127 Å². The molecule has 0 aromatic heterocycles. The van der Waals surface area contributed by atoms with Crippen molar-refractivity contribution in [3.05, 3.63) is 12.7 Å². The molecule has 5 N–H and O–H groups in total. The summed E-state index contributed by atoms with van der Waals surface area (Å²) in [6, 6.07) is -1.55. The Morgan fingerprint density at radius 3 is 1.90 bits per heavy atom. The number of halogens is 3. The van der Waals surface area contributed by atoms with Crippen LogP contribution in [-0.2, 0) is 71.3 Å². The SMILES string of the molecule is C=CCO[C@H]1O[C@H](C(N)=O)[C@H](OC(=O)OCC(Cl)(Cl)Cl)[C@H](OC(N)=O)[C@H]1O[C@@H]1O[C@H](COC(C)=O)[C@@H](OC(C)=O)[C@H](OC(C)=O)[C@H]1NC(C)=O. The highest BCUT2D eigenvalue weighted by Crippen LogP contribution is 2.35. The number of nitrogens with one attached hydrogen (secondary N) is 1. The lowest BCUT2D eigenvalue weighted by atomic mass is 9.94. The van der Waals surface area contributed by atoms with E-state index in [2.05, 4.69) is 11.9 Å². The van der Waals surface area contributed by atoms with E-state index in [1.54, 1.807) is 0 Å². The lowest BCUT2D eigenvalue weighted by Crippen LogP contribution is -2.70. The van der Waals surface area contributed by atoms with E-state index in [4.69, 9.17) is 93.6 Å². The van der Waals surface area contributed by atoms with Crippen molar-refractivity contribution < 1.29 is 80.9 Å². The average Bonchev–Trinajstić information content (AvgIpc) is 2.97. The molecule has 10 atom stereocenters. The topological polar surface area (TPSA) is 276 Å². The zero-order chi connectivity index (χ0) is 37.9. The minimum atomic E-state index is -2.09. The number of hydrogen-bond donors (Lipinski definition) is 3. The maximum atomic E-state index is 12.6. The molecule has 2 saturated heterocycles. The summed E-state index contributed by atoms with van der Waals surface area (Å²) >= 11 is 16.9. The molecule has 50 heavy (non-hydrogen) atoms. The zero-order valence-corrected chi connectivity index (χ0v) is 29.2. The van der Waals surface area contributed by atoms with Crippen LogP contribution in [0.25, 0.3) is 0 Å². The maximum Gasteiger partial charge on any atom is 0.508 e. The first-order chi connectivity index (χ1) is 23.2. The number of carbonyl (C=O) groups is 7. The Balaban J connectivity index is 2.71. The molecular weight excluding hydrogens is 745 g/mol. The van der Waals surface area contributed by atoms with Gasteiger partial charge in [-0.05, 0) is 0 Å². The van der Waals surface area contributed by atoms with E-state index < -0.39 is 120 Å². The van der Waals surface area contributed by atoms with Gasteiger partial charge >= 0.3 is 30.2 Å². The molecule has 0 saturated carbocycles. The Hall–Kier alpha value is -3.66. The summed E-state index contributed by atoms with van der Waals surface area (Å²) in [6.07, 6.45) is -17.7. The van der Waals surface area contributed by atoms with Crippen LogP contribution in [0.1, 0.15) is 27.7 Å². The van der Waals surface area contributed by atoms with E-state index in [1.807, 2.05) is 0 Å². The van der Waals surface area contributed by atoms with Crippen LogP contribution in [0.2, 0.25) is 0 Å². The quantitative estimate of drug-likeness (QED) is 0.0890. The highest BCUT2D eigenvalue weighted by molar-refractivity contribution is 6.67. The summed E-state index contributed by atoms with van der Waals surface area (Å²) in [5.74, 6) is -4.58. The second kappa shape index (κ2) is 19.1. The third-order valence-corrected chi connectivity index (χ3v) is 6.68. The highest BCUT2D eigenvalue weighted by Gasteiger charge is 2.58. The number of amides is 3. The van der Waals surface area contributed by atoms with Gasteiger partial charge in [0.1, 0.15) is 25.4 Å². The Morgan fingerprint density at radius 2 is 1.40 bits per heavy atom. The van der Waals surface area contributed by atoms with Crippen LogP contribution < -0.4 is 16.8 Å². The lowest BCUT2D eigenvalue weighted by Gasteiger charge is -2.48. The summed E-state index contributed by atoms with van der Waals surface area (Å²) < 4.78 is 52.4. The van der Waals surface area contributed by atoms with Crippen molar-refractivity contribution >= 4 is 76.8 Å². The molecule has 0 aromatic rings. The summed E-state index contributed by atoms with van der Waals surface area (Å²) in [7, 11) is 0. The number of nitrogens with two attached hydrogens (primary N) is 2. The first-order valence-corrected chi connectivity index (χ1v) is 15.5. The van der Waals surface area contributed by atoms with Gasteiger partial charge in [0, 0.05) is 27.7 Å². The van der Waals surface area contributed by atoms with Gasteiger partial charge in [0.25, 0.3) is 5.91 Å². The monoisotopic (exact) mass is 779 g/mol. The standard InChI is InChI=1S/C27H36Cl3N3O17/c1-6-7-41-24-21(19(49-25(32)39)18(20(47-24)22(31)38)50-26(40)43-9-27(28,29)30)48-23-15(33-10(2)34)17(45-13(5)37)16(44-12(4)36)14(46-23)8-42-11(3)35/h6,14-21,23-24H,1,7-9H2,2-5H3,(H2,31,38)(H2,32,39)(H,33,34)/t14-,15-,16-,17-,18-,19+,20+,21-,23+,24+/m1/s1. The Bertz CT molecular complexity index is 1280. The van der Waals surface area contributed by atoms with Crippen LogP contribution in [0.4, 0.5) is 9.59 Å². The van der Waals surface area contributed by atoms with Crippen molar-refractivity contribution in [3.63, 3.8) is 0 Å². The van der Waals surface area contributed by atoms with Crippen LogP contribution >= 0.6 is 34.8 Å². The number of hydrogen-bond acceptors (Lipinski definition) is 17. The van der Waals surface area contributed by atoms with Crippen molar-refractivity contribution in [3.8, 4) is 0 Å². The number of alkyl halides is 3. The first kappa shape index (κ1) is 42.5. The first-order valence-electron chi connectivity index (χ1n) is 14.3. The zero-order valence-electron chi connectivity index (χ0n) is 26.9. The van der Waals surface area contributed by atoms with Crippen LogP contribution in [0, 0.1) is 0 Å². The normalized spacial score (nSPS) is 29.3. The fourth-order valence-electron chi connectivity index (χ4n) is 4.73. The van der Waals surface area contributed by atoms with E-state index >= 15 is 0 Å². The Labute approximate surface area is 299 Å². The van der Waals surface area contributed by atoms with E-state index in [0.29, 0.717) is 0 Å². The fraction of sp³-hybridized carbons (Fsp3) is 0.667. The molecule has 2 aliphatic heterocycles. The molecule has 2 aliphatic rings. The van der Waals surface area contributed by atoms with Gasteiger partial charge in [0.05, 0.1) is 6.61 Å². The van der Waals surface area contributed by atoms with Crippen molar-refractivity contribution in [1.29, 1.82) is 0 Å². The molecule has 0 unspecified atom stereocenters. The van der Waals surface area contributed by atoms with Gasteiger partial charge in [-0.3, -0.25) is 24.0 Å². The van der Waals surface area contributed by atoms with Gasteiger partial charge in [0.2, 0.25) is 9.70 Å². The number of carbonyl (C=O) groups excluding carboxylic acids is 7. The molecule has 0 radical (unpaired) electrons. The number of primary amides is 2. The Morgan fingerprint density at radius 1 is 0.780 bits per heavy atom. The van der Waals surface area contributed by atoms with Crippen LogP contribution in [0.5, 0.6) is 0 Å². The fourth-order valence-corrected chi connectivity index (χ4v) is 4.89. The molecule has 2 rings (SSSR count). The molecule has 2 heterocycles. The molecule has 0 aromatic carbocycles. The molecule has 3 amide bonds. The third-order valence-electron chi connectivity index (χ3n) is 6.35. The minimum Gasteiger partial charge on any atom is -0.463 e. The average molecular weight is 781 g/mol. The van der Waals surface area contributed by atoms with Gasteiger partial charge in [-0.2, -0.15) is 0 Å². The van der Waals surface area contributed by atoms with Crippen molar-refractivity contribution in [2.75, 3.05) is 19.8 Å². The molecule has 0 aliphatic carbocycles. The van der Waals surface area contributed by atoms with Crippen LogP contribution in [0.3, 0.4) is 0 Å². The maximum absolute atomic E-state index is 12.6. The van der Waals surface area contributed by atoms with E-state index in [0.717, 1.165) is 27.7 Å². The molecule has 0 spiro atoms. The molecule has 23 heteroatoms. The number of ether oxygens (including phenoxy) is 10. The largest absolute Gasteiger partial charge is 0.508 e. The Kier molecular flexibility index (Phi) is 16.2. The van der Waals surface area contributed by atoms with Gasteiger partial charge in [-0.25, -0.2) is 9.59 Å². The summed E-state index contributed by atoms with van der Waals surface area (Å²) in [5, 5.41) is 2.47. The molecule has 20 nitrogen and oxygen atoms in total. The molecule has 2 fully saturated rings. The number of esters is 3.